The Balaban J connectivity index is 1.96. The Bertz CT molecular complexity index is 1060. The van der Waals surface area contributed by atoms with E-state index >= 15 is 0 Å². The number of aryl methyl sites for hydroxylation is 2. The number of aromatic nitrogens is 1. The van der Waals surface area contributed by atoms with Crippen LogP contribution in [0.15, 0.2) is 65.5 Å². The molecule has 0 saturated heterocycles. The van der Waals surface area contributed by atoms with E-state index in [1.54, 1.807) is 48.2 Å². The van der Waals surface area contributed by atoms with Gasteiger partial charge in [-0.1, -0.05) is 24.4 Å². The lowest BCUT2D eigenvalue weighted by molar-refractivity contribution is -0.692. The van der Waals surface area contributed by atoms with Gasteiger partial charge < -0.3 is 9.73 Å². The van der Waals surface area contributed by atoms with Crippen molar-refractivity contribution in [3.8, 4) is 0 Å². The van der Waals surface area contributed by atoms with Gasteiger partial charge in [0.05, 0.1) is 17.7 Å². The molecule has 3 rings (SSSR count). The van der Waals surface area contributed by atoms with Gasteiger partial charge in [-0.2, -0.15) is 4.57 Å². The number of nitro groups is 1. The Labute approximate surface area is 173 Å². The third-order valence-corrected chi connectivity index (χ3v) is 4.84. The van der Waals surface area contributed by atoms with Crippen molar-refractivity contribution in [1.29, 1.82) is 0 Å². The lowest BCUT2D eigenvalue weighted by Gasteiger charge is -2.15. The molecule has 0 radical (unpaired) electrons. The maximum atomic E-state index is 13.4. The number of carbonyl (C=O) groups excluding carboxylic acids is 1. The van der Waals surface area contributed by atoms with E-state index in [4.69, 9.17) is 16.6 Å². The van der Waals surface area contributed by atoms with E-state index in [0.29, 0.717) is 22.9 Å². The quantitative estimate of drug-likeness (QED) is 0.210. The number of benzene rings is 1. The molecule has 3 aromatic rings. The number of pyridine rings is 1. The smallest absolute Gasteiger partial charge is 0.273 e. The maximum absolute atomic E-state index is 13.4. The number of furan rings is 1. The van der Waals surface area contributed by atoms with Crippen LogP contribution in [0.3, 0.4) is 0 Å². The van der Waals surface area contributed by atoms with Crippen molar-refractivity contribution in [1.82, 2.24) is 5.32 Å². The summed E-state index contributed by atoms with van der Waals surface area (Å²) in [5.41, 5.74) is 1.57. The number of nitro benzene ring substituents is 1. The summed E-state index contributed by atoms with van der Waals surface area (Å²) >= 11 is 5.53. The molecule has 0 unspecified atom stereocenters. The summed E-state index contributed by atoms with van der Waals surface area (Å²) in [4.78, 5) is 24.4. The Morgan fingerprint density at radius 2 is 2.07 bits per heavy atom. The molecule has 1 N–H and O–H groups in total. The predicted octanol–water partition coefficient (Wildman–Crippen LogP) is 3.63. The first-order valence-electron chi connectivity index (χ1n) is 8.93. The van der Waals surface area contributed by atoms with Crippen molar-refractivity contribution in [2.45, 2.75) is 26.4 Å². The molecule has 0 aliphatic rings. The average molecular weight is 410 g/mol. The summed E-state index contributed by atoms with van der Waals surface area (Å²) in [6.45, 7) is 3.87. The second kappa shape index (κ2) is 8.74. The summed E-state index contributed by atoms with van der Waals surface area (Å²) < 4.78 is 7.01. The van der Waals surface area contributed by atoms with Gasteiger partial charge in [0.1, 0.15) is 5.76 Å². The van der Waals surface area contributed by atoms with E-state index in [-0.39, 0.29) is 17.0 Å². The highest BCUT2D eigenvalue weighted by molar-refractivity contribution is 7.80. The predicted molar refractivity (Wildman–Crippen MR) is 111 cm³/mol. The van der Waals surface area contributed by atoms with Crippen LogP contribution in [0.1, 0.15) is 33.3 Å². The molecule has 0 fully saturated rings. The number of thiocarbonyl (C=S) groups is 1. The van der Waals surface area contributed by atoms with Crippen LogP contribution < -0.4 is 9.88 Å². The average Bonchev–Trinajstić information content (AvgIpc) is 3.20. The monoisotopic (exact) mass is 410 g/mol. The molecule has 0 bridgehead atoms. The van der Waals surface area contributed by atoms with Gasteiger partial charge in [-0.15, -0.1) is 0 Å². The largest absolute Gasteiger partial charge is 0.467 e. The van der Waals surface area contributed by atoms with E-state index in [1.807, 2.05) is 25.3 Å². The van der Waals surface area contributed by atoms with Gasteiger partial charge in [-0.25, -0.2) is 0 Å². The second-order valence-corrected chi connectivity index (χ2v) is 7.09. The summed E-state index contributed by atoms with van der Waals surface area (Å²) in [6, 6.07) is 10.9. The van der Waals surface area contributed by atoms with Gasteiger partial charge in [-0.3, -0.25) is 14.9 Å². The van der Waals surface area contributed by atoms with Crippen LogP contribution in [0.25, 0.3) is 0 Å². The molecular weight excluding hydrogens is 390 g/mol. The zero-order chi connectivity index (χ0) is 21.0. The number of hydrogen-bond donors (Lipinski definition) is 1. The summed E-state index contributed by atoms with van der Waals surface area (Å²) in [5, 5.41) is 14.4. The Hall–Kier alpha value is -3.39. The minimum atomic E-state index is -0.845. The van der Waals surface area contributed by atoms with Crippen LogP contribution in [0.4, 0.5) is 5.69 Å². The fraction of sp³-hybridized carbons (Fsp3) is 0.190. The van der Waals surface area contributed by atoms with Crippen LogP contribution in [0.5, 0.6) is 0 Å². The zero-order valence-corrected chi connectivity index (χ0v) is 16.8. The highest BCUT2D eigenvalue weighted by atomic mass is 32.1. The molecule has 7 nitrogen and oxygen atoms in total. The van der Waals surface area contributed by atoms with E-state index in [2.05, 4.69) is 5.32 Å². The van der Waals surface area contributed by atoms with Gasteiger partial charge in [-0.05, 0) is 32.0 Å². The minimum Gasteiger partial charge on any atom is -0.467 e. The van der Waals surface area contributed by atoms with Crippen molar-refractivity contribution >= 4 is 28.7 Å². The molecule has 2 heterocycles. The standard InChI is InChI=1S/C21H19N3O4S/c1-14-5-3-9-23(13-14)19(21(29)22-12-17-6-4-10-28-17)20(25)16-8-7-15(2)18(11-16)24(26)27/h3-11,13,19H,12H2,1-2H3/p+1/t19-/m1/s1. The molecule has 0 saturated carbocycles. The summed E-state index contributed by atoms with van der Waals surface area (Å²) in [6.07, 6.45) is 5.12. The van der Waals surface area contributed by atoms with Crippen molar-refractivity contribution in [2.24, 2.45) is 0 Å². The number of ketones is 1. The first-order valence-corrected chi connectivity index (χ1v) is 9.34. The van der Waals surface area contributed by atoms with Crippen molar-refractivity contribution < 1.29 is 18.7 Å². The summed E-state index contributed by atoms with van der Waals surface area (Å²) in [7, 11) is 0. The third kappa shape index (κ3) is 4.72. The molecule has 8 heteroatoms. The Morgan fingerprint density at radius 3 is 2.72 bits per heavy atom. The number of nitrogens with one attached hydrogen (secondary N) is 1. The first kappa shape index (κ1) is 20.3. The van der Waals surface area contributed by atoms with Crippen LogP contribution in [0.2, 0.25) is 0 Å². The minimum absolute atomic E-state index is 0.0988. The zero-order valence-electron chi connectivity index (χ0n) is 16.0. The molecule has 0 spiro atoms. The fourth-order valence-electron chi connectivity index (χ4n) is 2.97. The topological polar surface area (TPSA) is 89.3 Å². The fourth-order valence-corrected chi connectivity index (χ4v) is 3.27. The van der Waals surface area contributed by atoms with Gasteiger partial charge in [0.25, 0.3) is 11.7 Å². The SMILES string of the molecule is Cc1ccc[n+]([C@H](C(=O)c2ccc(C)c([N+](=O)[O-])c2)C(=S)NCc2ccco2)c1. The Kier molecular flexibility index (Phi) is 6.13. The van der Waals surface area contributed by atoms with E-state index in [9.17, 15) is 14.9 Å². The lowest BCUT2D eigenvalue weighted by atomic mass is 10.0. The van der Waals surface area contributed by atoms with Crippen molar-refractivity contribution in [3.05, 3.63) is 93.7 Å². The number of Topliss-reactive ketones (excluding diaryl/α,β-unsaturated/α-hetero) is 1. The molecule has 1 aromatic carbocycles. The number of hydrogen-bond acceptors (Lipinski definition) is 5. The van der Waals surface area contributed by atoms with Crippen molar-refractivity contribution in [2.75, 3.05) is 0 Å². The van der Waals surface area contributed by atoms with Crippen LogP contribution in [-0.4, -0.2) is 15.7 Å². The molecule has 2 aromatic heterocycles. The molecular formula is C21H20N3O4S+. The van der Waals surface area contributed by atoms with E-state index in [1.165, 1.54) is 6.07 Å². The maximum Gasteiger partial charge on any atom is 0.273 e. The third-order valence-electron chi connectivity index (χ3n) is 4.47. The second-order valence-electron chi connectivity index (χ2n) is 6.65. The lowest BCUT2D eigenvalue weighted by Crippen LogP contribution is -2.51. The molecule has 148 valence electrons. The normalized spacial score (nSPS) is 11.7. The summed E-state index contributed by atoms with van der Waals surface area (Å²) in [5.74, 6) is 0.347. The molecule has 0 aliphatic heterocycles. The van der Waals surface area contributed by atoms with Gasteiger partial charge in [0, 0.05) is 28.8 Å². The molecule has 0 amide bonds. The number of carbonyl (C=O) groups is 1. The van der Waals surface area contributed by atoms with Gasteiger partial charge >= 0.3 is 0 Å². The molecule has 0 aliphatic carbocycles. The van der Waals surface area contributed by atoms with Crippen LogP contribution in [0, 0.1) is 24.0 Å². The van der Waals surface area contributed by atoms with E-state index < -0.39 is 11.0 Å². The number of rotatable bonds is 7. The molecule has 29 heavy (non-hydrogen) atoms. The van der Waals surface area contributed by atoms with Crippen molar-refractivity contribution in [3.63, 3.8) is 0 Å². The first-order chi connectivity index (χ1) is 13.9. The van der Waals surface area contributed by atoms with E-state index in [0.717, 1.165) is 5.56 Å². The highest BCUT2D eigenvalue weighted by Crippen LogP contribution is 2.22. The molecule has 1 atom stereocenters. The highest BCUT2D eigenvalue weighted by Gasteiger charge is 2.34. The Morgan fingerprint density at radius 1 is 1.28 bits per heavy atom. The number of nitrogens with zero attached hydrogens (tertiary/aromatic N) is 2. The van der Waals surface area contributed by atoms with Gasteiger partial charge in [0.15, 0.2) is 17.4 Å². The van der Waals surface area contributed by atoms with Gasteiger partial charge in [0.2, 0.25) is 5.78 Å². The van der Waals surface area contributed by atoms with Crippen LogP contribution >= 0.6 is 12.2 Å². The van der Waals surface area contributed by atoms with Crippen LogP contribution in [-0.2, 0) is 6.54 Å².